The van der Waals surface area contributed by atoms with Gasteiger partial charge in [0.15, 0.2) is 5.78 Å². The van der Waals surface area contributed by atoms with Crippen LogP contribution in [0.25, 0.3) is 0 Å². The molecule has 1 heterocycles. The van der Waals surface area contributed by atoms with Gasteiger partial charge in [-0.15, -0.1) is 5.10 Å². The van der Waals surface area contributed by atoms with Gasteiger partial charge in [-0.25, -0.2) is 4.68 Å². The Labute approximate surface area is 119 Å². The molecule has 1 aromatic heterocycles. The third kappa shape index (κ3) is 5.92. The molecule has 0 saturated heterocycles. The van der Waals surface area contributed by atoms with Crippen molar-refractivity contribution in [2.75, 3.05) is 13.1 Å². The molecule has 1 amide bonds. The van der Waals surface area contributed by atoms with E-state index in [1.54, 1.807) is 6.20 Å². The highest BCUT2D eigenvalue weighted by Gasteiger charge is 2.10. The lowest BCUT2D eigenvalue weighted by Crippen LogP contribution is -2.34. The Balaban J connectivity index is 2.33. The van der Waals surface area contributed by atoms with Gasteiger partial charge in [-0.05, 0) is 13.0 Å². The van der Waals surface area contributed by atoms with E-state index in [4.69, 9.17) is 0 Å². The number of aromatic nitrogens is 3. The summed E-state index contributed by atoms with van der Waals surface area (Å²) in [7, 11) is 0. The maximum atomic E-state index is 11.6. The van der Waals surface area contributed by atoms with E-state index < -0.39 is 0 Å². The van der Waals surface area contributed by atoms with Crippen LogP contribution in [0, 0.1) is 5.92 Å². The van der Waals surface area contributed by atoms with Crippen LogP contribution >= 0.6 is 0 Å². The molecule has 0 aliphatic rings. The SMILES string of the molecule is CCCNCc1cn(CC(=O)NCC(=O)C(C)C)nn1. The van der Waals surface area contributed by atoms with E-state index in [1.807, 2.05) is 13.8 Å². The summed E-state index contributed by atoms with van der Waals surface area (Å²) in [5.41, 5.74) is 0.796. The lowest BCUT2D eigenvalue weighted by molar-refractivity contribution is -0.126. The molecule has 0 aliphatic heterocycles. The van der Waals surface area contributed by atoms with E-state index in [0.29, 0.717) is 6.54 Å². The van der Waals surface area contributed by atoms with E-state index >= 15 is 0 Å². The second-order valence-electron chi connectivity index (χ2n) is 4.98. The molecule has 7 nitrogen and oxygen atoms in total. The summed E-state index contributed by atoms with van der Waals surface area (Å²) in [5.74, 6) is -0.295. The maximum Gasteiger partial charge on any atom is 0.242 e. The van der Waals surface area contributed by atoms with Crippen LogP contribution in [-0.4, -0.2) is 39.8 Å². The molecule has 20 heavy (non-hydrogen) atoms. The zero-order chi connectivity index (χ0) is 15.0. The summed E-state index contributed by atoms with van der Waals surface area (Å²) in [4.78, 5) is 23.0. The minimum atomic E-state index is -0.239. The molecule has 0 fully saturated rings. The van der Waals surface area contributed by atoms with Crippen molar-refractivity contribution in [3.8, 4) is 0 Å². The summed E-state index contributed by atoms with van der Waals surface area (Å²) in [6.45, 7) is 7.41. The Morgan fingerprint density at radius 1 is 1.40 bits per heavy atom. The Morgan fingerprint density at radius 2 is 2.15 bits per heavy atom. The highest BCUT2D eigenvalue weighted by molar-refractivity contribution is 5.86. The standard InChI is InChI=1S/C13H23N5O2/c1-4-5-14-6-11-8-18(17-16-11)9-13(20)15-7-12(19)10(2)3/h8,10,14H,4-7,9H2,1-3H3,(H,15,20). The molecule has 112 valence electrons. The predicted molar refractivity (Wildman–Crippen MR) is 74.9 cm³/mol. The quantitative estimate of drug-likeness (QED) is 0.628. The molecular weight excluding hydrogens is 258 g/mol. The van der Waals surface area contributed by atoms with Gasteiger partial charge >= 0.3 is 0 Å². The number of amides is 1. The van der Waals surface area contributed by atoms with E-state index in [-0.39, 0.29) is 30.7 Å². The van der Waals surface area contributed by atoms with Crippen molar-refractivity contribution in [3.63, 3.8) is 0 Å². The largest absolute Gasteiger partial charge is 0.347 e. The van der Waals surface area contributed by atoms with Gasteiger partial charge in [-0.2, -0.15) is 0 Å². The van der Waals surface area contributed by atoms with Crippen molar-refractivity contribution in [1.82, 2.24) is 25.6 Å². The fourth-order valence-corrected chi connectivity index (χ4v) is 1.48. The molecule has 0 bridgehead atoms. The van der Waals surface area contributed by atoms with Gasteiger partial charge in [0.1, 0.15) is 6.54 Å². The molecule has 0 spiro atoms. The number of nitrogens with one attached hydrogen (secondary N) is 2. The number of ketones is 1. The van der Waals surface area contributed by atoms with Gasteiger partial charge in [-0.1, -0.05) is 26.0 Å². The molecule has 0 unspecified atom stereocenters. The van der Waals surface area contributed by atoms with Crippen molar-refractivity contribution in [2.24, 2.45) is 5.92 Å². The smallest absolute Gasteiger partial charge is 0.242 e. The van der Waals surface area contributed by atoms with Crippen molar-refractivity contribution >= 4 is 11.7 Å². The van der Waals surface area contributed by atoms with Crippen molar-refractivity contribution in [3.05, 3.63) is 11.9 Å². The molecule has 2 N–H and O–H groups in total. The number of carbonyl (C=O) groups is 2. The second-order valence-corrected chi connectivity index (χ2v) is 4.98. The maximum absolute atomic E-state index is 11.6. The van der Waals surface area contributed by atoms with Crippen LogP contribution in [0.4, 0.5) is 0 Å². The summed E-state index contributed by atoms with van der Waals surface area (Å²) >= 11 is 0. The number of hydrogen-bond acceptors (Lipinski definition) is 5. The zero-order valence-electron chi connectivity index (χ0n) is 12.3. The Bertz CT molecular complexity index is 442. The van der Waals surface area contributed by atoms with Crippen LogP contribution in [0.1, 0.15) is 32.9 Å². The molecule has 0 saturated carbocycles. The van der Waals surface area contributed by atoms with Crippen LogP contribution in [0.3, 0.4) is 0 Å². The minimum absolute atomic E-state index is 0.0152. The van der Waals surface area contributed by atoms with E-state index in [1.165, 1.54) is 4.68 Å². The van der Waals surface area contributed by atoms with E-state index in [0.717, 1.165) is 18.7 Å². The lowest BCUT2D eigenvalue weighted by atomic mass is 10.1. The van der Waals surface area contributed by atoms with Gasteiger partial charge in [0.25, 0.3) is 0 Å². The molecule has 0 aromatic carbocycles. The Kier molecular flexibility index (Phi) is 6.86. The fourth-order valence-electron chi connectivity index (χ4n) is 1.48. The molecule has 1 aromatic rings. The summed E-state index contributed by atoms with van der Waals surface area (Å²) in [5, 5.41) is 13.6. The Morgan fingerprint density at radius 3 is 2.80 bits per heavy atom. The second kappa shape index (κ2) is 8.42. The first-order valence-corrected chi connectivity index (χ1v) is 6.92. The first-order valence-electron chi connectivity index (χ1n) is 6.92. The summed E-state index contributed by atoms with van der Waals surface area (Å²) < 4.78 is 1.47. The highest BCUT2D eigenvalue weighted by Crippen LogP contribution is 1.94. The van der Waals surface area contributed by atoms with Crippen molar-refractivity contribution < 1.29 is 9.59 Å². The molecule has 0 atom stereocenters. The average molecular weight is 281 g/mol. The predicted octanol–water partition coefficient (Wildman–Crippen LogP) is 0.119. The van der Waals surface area contributed by atoms with Crippen LogP contribution in [-0.2, 0) is 22.7 Å². The molecule has 7 heteroatoms. The van der Waals surface area contributed by atoms with Crippen LogP contribution in [0.15, 0.2) is 6.20 Å². The molecule has 0 radical (unpaired) electrons. The average Bonchev–Trinajstić information content (AvgIpc) is 2.83. The number of Topliss-reactive ketones (excluding diaryl/α,β-unsaturated/α-hetero) is 1. The first-order chi connectivity index (χ1) is 9.52. The van der Waals surface area contributed by atoms with Gasteiger partial charge in [0, 0.05) is 12.5 Å². The lowest BCUT2D eigenvalue weighted by Gasteiger charge is -2.06. The number of rotatable bonds is 9. The van der Waals surface area contributed by atoms with Crippen molar-refractivity contribution in [1.29, 1.82) is 0 Å². The highest BCUT2D eigenvalue weighted by atomic mass is 16.2. The zero-order valence-corrected chi connectivity index (χ0v) is 12.3. The third-order valence-electron chi connectivity index (χ3n) is 2.73. The first kappa shape index (κ1) is 16.3. The van der Waals surface area contributed by atoms with Gasteiger partial charge in [0.05, 0.1) is 18.4 Å². The minimum Gasteiger partial charge on any atom is -0.347 e. The Hall–Kier alpha value is -1.76. The van der Waals surface area contributed by atoms with E-state index in [9.17, 15) is 9.59 Å². The summed E-state index contributed by atoms with van der Waals surface area (Å²) in [6.07, 6.45) is 2.78. The number of carbonyl (C=O) groups excluding carboxylic acids is 2. The fraction of sp³-hybridized carbons (Fsp3) is 0.692. The van der Waals surface area contributed by atoms with Crippen LogP contribution < -0.4 is 10.6 Å². The van der Waals surface area contributed by atoms with Crippen LogP contribution in [0.5, 0.6) is 0 Å². The van der Waals surface area contributed by atoms with E-state index in [2.05, 4.69) is 27.9 Å². The number of hydrogen-bond donors (Lipinski definition) is 2. The van der Waals surface area contributed by atoms with Gasteiger partial charge < -0.3 is 10.6 Å². The van der Waals surface area contributed by atoms with Crippen molar-refractivity contribution in [2.45, 2.75) is 40.3 Å². The molecular formula is C13H23N5O2. The third-order valence-corrected chi connectivity index (χ3v) is 2.73. The monoisotopic (exact) mass is 281 g/mol. The molecule has 0 aliphatic carbocycles. The van der Waals surface area contributed by atoms with Crippen LogP contribution in [0.2, 0.25) is 0 Å². The van der Waals surface area contributed by atoms with Gasteiger partial charge in [0.2, 0.25) is 5.91 Å². The molecule has 1 rings (SSSR count). The topological polar surface area (TPSA) is 88.9 Å². The van der Waals surface area contributed by atoms with Gasteiger partial charge in [-0.3, -0.25) is 9.59 Å². The normalized spacial score (nSPS) is 10.8. The number of nitrogens with zero attached hydrogens (tertiary/aromatic N) is 3. The summed E-state index contributed by atoms with van der Waals surface area (Å²) in [6, 6.07) is 0.